The lowest BCUT2D eigenvalue weighted by Gasteiger charge is -2.20. The van der Waals surface area contributed by atoms with Crippen LogP contribution in [0.25, 0.3) is 22.2 Å². The predicted octanol–water partition coefficient (Wildman–Crippen LogP) is 3.25. The van der Waals surface area contributed by atoms with E-state index in [-0.39, 0.29) is 16.9 Å². The maximum atomic E-state index is 14.2. The summed E-state index contributed by atoms with van der Waals surface area (Å²) in [5.41, 5.74) is 7.70. The Kier molecular flexibility index (Phi) is 8.05. The van der Waals surface area contributed by atoms with Crippen molar-refractivity contribution >= 4 is 28.3 Å². The highest BCUT2D eigenvalue weighted by Gasteiger charge is 2.24. The molecule has 208 valence electrons. The normalized spacial score (nSPS) is 11.9. The number of fused-ring (bicyclic) bond motifs is 2. The lowest BCUT2D eigenvalue weighted by Crippen LogP contribution is -2.33. The maximum Gasteiger partial charge on any atom is 0.267 e. The van der Waals surface area contributed by atoms with E-state index in [0.717, 1.165) is 0 Å². The standard InChI is InChI=1S/C30H29N7O4/c1-4-40-23(41-5-2)16-15-20-11-9-14-22-24(20)30(39)37(21-12-7-6-8-13-21)27(34-22)19(3)33-29(38)25-26(31)35-36-18-10-17-32-28(25)36/h6-14,17-19,23H,4-5H2,1-3H3,(H2,31,35)(H,33,38). The van der Waals surface area contributed by atoms with E-state index < -0.39 is 18.2 Å². The van der Waals surface area contributed by atoms with Crippen molar-refractivity contribution in [3.8, 4) is 17.5 Å². The molecule has 3 aromatic heterocycles. The highest BCUT2D eigenvalue weighted by Crippen LogP contribution is 2.22. The number of hydrogen-bond donors (Lipinski definition) is 2. The molecule has 11 nitrogen and oxygen atoms in total. The van der Waals surface area contributed by atoms with Crippen LogP contribution in [0.4, 0.5) is 5.82 Å². The summed E-state index contributed by atoms with van der Waals surface area (Å²) in [6, 6.07) is 15.4. The van der Waals surface area contributed by atoms with Gasteiger partial charge in [-0.3, -0.25) is 14.2 Å². The molecule has 0 fully saturated rings. The second kappa shape index (κ2) is 12.0. The Morgan fingerprint density at radius 3 is 2.56 bits per heavy atom. The summed E-state index contributed by atoms with van der Waals surface area (Å²) in [5.74, 6) is 5.89. The van der Waals surface area contributed by atoms with Crippen molar-refractivity contribution in [2.45, 2.75) is 33.1 Å². The Bertz CT molecular complexity index is 1830. The molecular formula is C30H29N7O4. The molecule has 1 atom stereocenters. The predicted molar refractivity (Wildman–Crippen MR) is 155 cm³/mol. The summed E-state index contributed by atoms with van der Waals surface area (Å²) >= 11 is 0. The third kappa shape index (κ3) is 5.51. The summed E-state index contributed by atoms with van der Waals surface area (Å²) in [6.07, 6.45) is 2.49. The molecule has 1 unspecified atom stereocenters. The number of nitrogens with two attached hydrogens (primary N) is 1. The van der Waals surface area contributed by atoms with Crippen molar-refractivity contribution in [3.63, 3.8) is 0 Å². The van der Waals surface area contributed by atoms with Gasteiger partial charge in [-0.15, -0.1) is 5.10 Å². The van der Waals surface area contributed by atoms with Gasteiger partial charge in [-0.05, 0) is 57.0 Å². The van der Waals surface area contributed by atoms with Crippen LogP contribution in [-0.2, 0) is 9.47 Å². The number of amides is 1. The molecule has 0 saturated carbocycles. The highest BCUT2D eigenvalue weighted by atomic mass is 16.7. The van der Waals surface area contributed by atoms with Crippen molar-refractivity contribution < 1.29 is 14.3 Å². The first kappa shape index (κ1) is 27.5. The molecule has 0 bridgehead atoms. The van der Waals surface area contributed by atoms with Gasteiger partial charge in [-0.25, -0.2) is 14.5 Å². The first-order chi connectivity index (χ1) is 19.9. The number of rotatable bonds is 8. The van der Waals surface area contributed by atoms with Gasteiger partial charge in [0.05, 0.1) is 22.6 Å². The second-order valence-corrected chi connectivity index (χ2v) is 9.00. The number of anilines is 1. The Hall–Kier alpha value is -5.05. The Morgan fingerprint density at radius 2 is 1.83 bits per heavy atom. The summed E-state index contributed by atoms with van der Waals surface area (Å²) in [4.78, 5) is 36.6. The fourth-order valence-electron chi connectivity index (χ4n) is 4.49. The smallest absolute Gasteiger partial charge is 0.267 e. The molecular weight excluding hydrogens is 522 g/mol. The van der Waals surface area contributed by atoms with E-state index in [1.807, 2.05) is 32.0 Å². The van der Waals surface area contributed by atoms with Crippen molar-refractivity contribution in [1.82, 2.24) is 29.5 Å². The number of ether oxygens (including phenoxy) is 2. The van der Waals surface area contributed by atoms with Crippen LogP contribution in [-0.4, -0.2) is 49.6 Å². The molecule has 5 rings (SSSR count). The van der Waals surface area contributed by atoms with E-state index in [1.165, 1.54) is 9.08 Å². The average Bonchev–Trinajstić information content (AvgIpc) is 3.32. The molecule has 0 radical (unpaired) electrons. The molecule has 1 amide bonds. The molecule has 0 saturated heterocycles. The highest BCUT2D eigenvalue weighted by molar-refractivity contribution is 6.04. The van der Waals surface area contributed by atoms with Crippen LogP contribution in [0.3, 0.4) is 0 Å². The SMILES string of the molecule is CCOC(C#Cc1cccc2nc(C(C)NC(=O)c3c(N)nn4cccnc34)n(-c3ccccc3)c(=O)c12)OCC. The molecule has 0 spiro atoms. The van der Waals surface area contributed by atoms with E-state index in [2.05, 4.69) is 27.2 Å². The number of nitrogens with one attached hydrogen (secondary N) is 1. The number of aromatic nitrogens is 5. The van der Waals surface area contributed by atoms with E-state index in [9.17, 15) is 9.59 Å². The number of benzene rings is 2. The van der Waals surface area contributed by atoms with Crippen LogP contribution in [0, 0.1) is 11.8 Å². The van der Waals surface area contributed by atoms with Crippen LogP contribution >= 0.6 is 0 Å². The van der Waals surface area contributed by atoms with Crippen molar-refractivity contribution in [3.05, 3.63) is 94.3 Å². The van der Waals surface area contributed by atoms with Gasteiger partial charge >= 0.3 is 0 Å². The van der Waals surface area contributed by atoms with E-state index in [0.29, 0.717) is 46.8 Å². The second-order valence-electron chi connectivity index (χ2n) is 9.00. The summed E-state index contributed by atoms with van der Waals surface area (Å²) in [5, 5.41) is 7.43. The molecule has 2 aromatic carbocycles. The lowest BCUT2D eigenvalue weighted by atomic mass is 10.1. The fourth-order valence-corrected chi connectivity index (χ4v) is 4.49. The van der Waals surface area contributed by atoms with Crippen molar-refractivity contribution in [2.24, 2.45) is 0 Å². The first-order valence-electron chi connectivity index (χ1n) is 13.2. The van der Waals surface area contributed by atoms with Crippen LogP contribution < -0.4 is 16.6 Å². The number of nitrogen functional groups attached to an aromatic ring is 1. The summed E-state index contributed by atoms with van der Waals surface area (Å²) in [6.45, 7) is 6.33. The van der Waals surface area contributed by atoms with Gasteiger partial charge in [0.1, 0.15) is 11.4 Å². The zero-order valence-corrected chi connectivity index (χ0v) is 22.9. The van der Waals surface area contributed by atoms with Gasteiger partial charge in [0.15, 0.2) is 11.5 Å². The van der Waals surface area contributed by atoms with Crippen LogP contribution in [0.15, 0.2) is 71.8 Å². The van der Waals surface area contributed by atoms with Gasteiger partial charge in [0.2, 0.25) is 6.29 Å². The zero-order valence-electron chi connectivity index (χ0n) is 22.9. The molecule has 3 N–H and O–H groups in total. The molecule has 3 heterocycles. The summed E-state index contributed by atoms with van der Waals surface area (Å²) < 4.78 is 14.0. The molecule has 41 heavy (non-hydrogen) atoms. The van der Waals surface area contributed by atoms with E-state index >= 15 is 0 Å². The number of carbonyl (C=O) groups excluding carboxylic acids is 1. The van der Waals surface area contributed by atoms with Gasteiger partial charge in [-0.1, -0.05) is 30.2 Å². The van der Waals surface area contributed by atoms with Crippen LogP contribution in [0.1, 0.15) is 48.6 Å². The fraction of sp³-hybridized carbons (Fsp3) is 0.233. The maximum absolute atomic E-state index is 14.2. The molecule has 0 aliphatic carbocycles. The quantitative estimate of drug-likeness (QED) is 0.221. The minimum atomic E-state index is -0.721. The third-order valence-corrected chi connectivity index (χ3v) is 6.28. The minimum absolute atomic E-state index is 0.0425. The minimum Gasteiger partial charge on any atom is -0.381 e. The van der Waals surface area contributed by atoms with E-state index in [4.69, 9.17) is 20.2 Å². The average molecular weight is 552 g/mol. The summed E-state index contributed by atoms with van der Waals surface area (Å²) in [7, 11) is 0. The molecule has 11 heteroatoms. The molecule has 0 aliphatic rings. The van der Waals surface area contributed by atoms with E-state index in [1.54, 1.807) is 55.7 Å². The topological polar surface area (TPSA) is 139 Å². The number of para-hydroxylation sites is 1. The van der Waals surface area contributed by atoms with Crippen molar-refractivity contribution in [1.29, 1.82) is 0 Å². The lowest BCUT2D eigenvalue weighted by molar-refractivity contribution is -0.0969. The Labute approximate surface area is 235 Å². The Balaban J connectivity index is 1.62. The van der Waals surface area contributed by atoms with Crippen LogP contribution in [0.2, 0.25) is 0 Å². The third-order valence-electron chi connectivity index (χ3n) is 6.28. The van der Waals surface area contributed by atoms with Crippen LogP contribution in [0.5, 0.6) is 0 Å². The largest absolute Gasteiger partial charge is 0.381 e. The number of carbonyl (C=O) groups is 1. The number of nitrogens with zero attached hydrogens (tertiary/aromatic N) is 5. The number of hydrogen-bond acceptors (Lipinski definition) is 8. The Morgan fingerprint density at radius 1 is 1.07 bits per heavy atom. The van der Waals surface area contributed by atoms with Gasteiger partial charge < -0.3 is 20.5 Å². The van der Waals surface area contributed by atoms with Gasteiger partial charge in [0, 0.05) is 31.2 Å². The molecule has 5 aromatic rings. The molecule has 0 aliphatic heterocycles. The zero-order chi connectivity index (χ0) is 28.9. The monoisotopic (exact) mass is 551 g/mol. The first-order valence-corrected chi connectivity index (χ1v) is 13.2. The van der Waals surface area contributed by atoms with Gasteiger partial charge in [-0.2, -0.15) is 0 Å². The van der Waals surface area contributed by atoms with Crippen molar-refractivity contribution in [2.75, 3.05) is 18.9 Å². The van der Waals surface area contributed by atoms with Gasteiger partial charge in [0.25, 0.3) is 11.5 Å².